The van der Waals surface area contributed by atoms with Gasteiger partial charge in [-0.25, -0.2) is 0 Å². The average Bonchev–Trinajstić information content (AvgIpc) is 3.63. The van der Waals surface area contributed by atoms with Gasteiger partial charge in [-0.05, 0) is 72.4 Å². The zero-order valence-corrected chi connectivity index (χ0v) is 19.7. The first-order chi connectivity index (χ1) is 16.1. The van der Waals surface area contributed by atoms with Gasteiger partial charge in [0.25, 0.3) is 5.91 Å². The van der Waals surface area contributed by atoms with E-state index in [1.807, 2.05) is 51.1 Å². The lowest BCUT2D eigenvalue weighted by atomic mass is 9.86. The van der Waals surface area contributed by atoms with Gasteiger partial charge in [-0.15, -0.1) is 0 Å². The largest absolute Gasteiger partial charge is 0.418 e. The van der Waals surface area contributed by atoms with Gasteiger partial charge in [-0.1, -0.05) is 56.3 Å². The number of hydrogen-bond acceptors (Lipinski definition) is 2. The van der Waals surface area contributed by atoms with Crippen LogP contribution in [0.25, 0.3) is 0 Å². The summed E-state index contributed by atoms with van der Waals surface area (Å²) < 4.78 is 47.2. The molecule has 4 rings (SSSR count). The fourth-order valence-electron chi connectivity index (χ4n) is 4.49. The van der Waals surface area contributed by atoms with Crippen LogP contribution < -0.4 is 5.32 Å². The number of alkyl halides is 3. The number of halogens is 3. The highest BCUT2D eigenvalue weighted by Gasteiger charge is 2.36. The van der Waals surface area contributed by atoms with Crippen LogP contribution in [0.3, 0.4) is 0 Å². The topological polar surface area (TPSA) is 38.3 Å². The minimum absolute atomic E-state index is 0.00699. The molecule has 6 heteroatoms. The Morgan fingerprint density at radius 1 is 1.15 bits per heavy atom. The molecule has 1 N–H and O–H groups in total. The van der Waals surface area contributed by atoms with Crippen LogP contribution in [0.5, 0.6) is 0 Å². The zero-order valence-electron chi connectivity index (χ0n) is 19.7. The van der Waals surface area contributed by atoms with Crippen LogP contribution in [0.1, 0.15) is 61.3 Å². The lowest BCUT2D eigenvalue weighted by molar-refractivity contribution is -0.137. The summed E-state index contributed by atoms with van der Waals surface area (Å²) in [4.78, 5) is 13.3. The molecule has 0 saturated heterocycles. The molecule has 0 aromatic heterocycles. The molecule has 0 radical (unpaired) electrons. The minimum atomic E-state index is -4.55. The van der Waals surface area contributed by atoms with Gasteiger partial charge in [0.05, 0.1) is 24.0 Å². The second kappa shape index (κ2) is 9.79. The van der Waals surface area contributed by atoms with Gasteiger partial charge < -0.3 is 10.1 Å². The molecule has 2 aromatic rings. The Labute approximate surface area is 198 Å². The summed E-state index contributed by atoms with van der Waals surface area (Å²) in [6.07, 6.45) is 1.23. The predicted molar refractivity (Wildman–Crippen MR) is 127 cm³/mol. The molecule has 0 heterocycles. The molecule has 1 amide bonds. The van der Waals surface area contributed by atoms with E-state index < -0.39 is 17.6 Å². The Morgan fingerprint density at radius 3 is 2.53 bits per heavy atom. The first-order valence-electron chi connectivity index (χ1n) is 11.7. The van der Waals surface area contributed by atoms with E-state index in [2.05, 4.69) is 5.32 Å². The number of nitrogens with one attached hydrogen (secondary N) is 1. The number of benzene rings is 2. The third kappa shape index (κ3) is 5.44. The van der Waals surface area contributed by atoms with Crippen molar-refractivity contribution in [1.29, 1.82) is 0 Å². The van der Waals surface area contributed by atoms with Gasteiger partial charge in [0, 0.05) is 5.57 Å². The highest BCUT2D eigenvalue weighted by molar-refractivity contribution is 6.07. The van der Waals surface area contributed by atoms with Crippen molar-refractivity contribution in [3.05, 3.63) is 88.0 Å². The molecule has 2 aliphatic carbocycles. The molecule has 0 bridgehead atoms. The number of amides is 1. The molecule has 0 spiro atoms. The highest BCUT2D eigenvalue weighted by Crippen LogP contribution is 2.44. The SMILES string of the molecule is Cc1ccccc1COC1CC=CC(C(=O)Nc2cc(C3CC3)ccc2C(F)(F)F)=C1C(C)C. The van der Waals surface area contributed by atoms with E-state index in [1.54, 1.807) is 6.08 Å². The average molecular weight is 470 g/mol. The molecule has 1 saturated carbocycles. The molecule has 1 atom stereocenters. The van der Waals surface area contributed by atoms with Crippen molar-refractivity contribution in [1.82, 2.24) is 0 Å². The Kier molecular flexibility index (Phi) is 6.99. The molecule has 1 unspecified atom stereocenters. The van der Waals surface area contributed by atoms with Crippen molar-refractivity contribution in [2.45, 2.75) is 64.8 Å². The quantitative estimate of drug-likeness (QED) is 0.461. The van der Waals surface area contributed by atoms with E-state index in [9.17, 15) is 18.0 Å². The normalized spacial score (nSPS) is 18.5. The van der Waals surface area contributed by atoms with E-state index >= 15 is 0 Å². The second-order valence-corrected chi connectivity index (χ2v) is 9.42. The Balaban J connectivity index is 1.60. The summed E-state index contributed by atoms with van der Waals surface area (Å²) in [7, 11) is 0. The molecule has 1 fully saturated rings. The third-order valence-corrected chi connectivity index (χ3v) is 6.51. The van der Waals surface area contributed by atoms with Crippen LogP contribution in [-0.4, -0.2) is 12.0 Å². The summed E-state index contributed by atoms with van der Waals surface area (Å²) in [5.41, 5.74) is 3.19. The fraction of sp³-hybridized carbons (Fsp3) is 0.393. The van der Waals surface area contributed by atoms with E-state index in [4.69, 9.17) is 4.74 Å². The lowest BCUT2D eigenvalue weighted by Crippen LogP contribution is -2.28. The summed E-state index contributed by atoms with van der Waals surface area (Å²) >= 11 is 0. The maximum absolute atomic E-state index is 13.7. The van der Waals surface area contributed by atoms with E-state index in [1.165, 1.54) is 12.1 Å². The lowest BCUT2D eigenvalue weighted by Gasteiger charge is -2.28. The van der Waals surface area contributed by atoms with E-state index in [0.717, 1.165) is 41.2 Å². The number of ether oxygens (including phenoxy) is 1. The van der Waals surface area contributed by atoms with Gasteiger partial charge in [0.2, 0.25) is 0 Å². The Bertz CT molecular complexity index is 1130. The number of anilines is 1. The zero-order chi connectivity index (χ0) is 24.5. The molecule has 2 aromatic carbocycles. The molecule has 180 valence electrons. The van der Waals surface area contributed by atoms with Gasteiger partial charge in [0.1, 0.15) is 0 Å². The summed E-state index contributed by atoms with van der Waals surface area (Å²) in [5, 5.41) is 2.57. The maximum Gasteiger partial charge on any atom is 0.418 e. The van der Waals surface area contributed by atoms with Crippen LogP contribution in [0, 0.1) is 12.8 Å². The van der Waals surface area contributed by atoms with Gasteiger partial charge in [-0.3, -0.25) is 4.79 Å². The van der Waals surface area contributed by atoms with Gasteiger partial charge >= 0.3 is 6.18 Å². The third-order valence-electron chi connectivity index (χ3n) is 6.51. The molecule has 0 aliphatic heterocycles. The van der Waals surface area contributed by atoms with Crippen molar-refractivity contribution in [3.8, 4) is 0 Å². The summed E-state index contributed by atoms with van der Waals surface area (Å²) in [6.45, 7) is 6.37. The monoisotopic (exact) mass is 469 g/mol. The molecular formula is C28H30F3NO2. The Morgan fingerprint density at radius 2 is 1.88 bits per heavy atom. The van der Waals surface area contributed by atoms with Crippen molar-refractivity contribution < 1.29 is 22.7 Å². The summed E-state index contributed by atoms with van der Waals surface area (Å²) in [5.74, 6) is -0.271. The maximum atomic E-state index is 13.7. The van der Waals surface area contributed by atoms with Crippen LogP contribution >= 0.6 is 0 Å². The first-order valence-corrected chi connectivity index (χ1v) is 11.7. The van der Waals surface area contributed by atoms with Gasteiger partial charge in [-0.2, -0.15) is 13.2 Å². The fourth-order valence-corrected chi connectivity index (χ4v) is 4.49. The van der Waals surface area contributed by atoms with Crippen molar-refractivity contribution in [3.63, 3.8) is 0 Å². The number of rotatable bonds is 7. The Hall–Kier alpha value is -2.86. The van der Waals surface area contributed by atoms with Crippen LogP contribution in [0.4, 0.5) is 18.9 Å². The molecule has 34 heavy (non-hydrogen) atoms. The standard InChI is InChI=1S/C28H30F3NO2/c1-17(2)26-22(9-6-10-25(26)34-16-21-8-5-4-7-18(21)3)27(33)32-24-15-20(19-11-12-19)13-14-23(24)28(29,30)31/h4-9,13-15,17,19,25H,10-12,16H2,1-3H3,(H,32,33). The van der Waals surface area contributed by atoms with Crippen LogP contribution in [0.2, 0.25) is 0 Å². The molecular weight excluding hydrogens is 439 g/mol. The smallest absolute Gasteiger partial charge is 0.369 e. The number of hydrogen-bond donors (Lipinski definition) is 1. The van der Waals surface area contributed by atoms with Crippen molar-refractivity contribution >= 4 is 11.6 Å². The van der Waals surface area contributed by atoms with Gasteiger partial charge in [0.15, 0.2) is 0 Å². The summed E-state index contributed by atoms with van der Waals surface area (Å²) in [6, 6.07) is 12.0. The number of carbonyl (C=O) groups is 1. The van der Waals surface area contributed by atoms with Crippen LogP contribution in [0.15, 0.2) is 65.8 Å². The van der Waals surface area contributed by atoms with E-state index in [0.29, 0.717) is 18.6 Å². The van der Waals surface area contributed by atoms with Crippen LogP contribution in [-0.2, 0) is 22.3 Å². The minimum Gasteiger partial charge on any atom is -0.369 e. The molecule has 3 nitrogen and oxygen atoms in total. The second-order valence-electron chi connectivity index (χ2n) is 9.42. The number of carbonyl (C=O) groups excluding carboxylic acids is 1. The highest BCUT2D eigenvalue weighted by atomic mass is 19.4. The van der Waals surface area contributed by atoms with Crippen molar-refractivity contribution in [2.24, 2.45) is 5.92 Å². The molecule has 2 aliphatic rings. The predicted octanol–water partition coefficient (Wildman–Crippen LogP) is 7.33. The van der Waals surface area contributed by atoms with E-state index in [-0.39, 0.29) is 23.6 Å². The van der Waals surface area contributed by atoms with Crippen molar-refractivity contribution in [2.75, 3.05) is 5.32 Å². The first kappa shape index (κ1) is 24.3. The number of aryl methyl sites for hydroxylation is 1.